The van der Waals surface area contributed by atoms with Gasteiger partial charge in [-0.1, -0.05) is 12.1 Å². The van der Waals surface area contributed by atoms with Gasteiger partial charge in [0.15, 0.2) is 18.2 Å². The minimum atomic E-state index is -0.512. The molecule has 5 nitrogen and oxygen atoms in total. The molecule has 21 heavy (non-hydrogen) atoms. The number of para-hydroxylation sites is 1. The van der Waals surface area contributed by atoms with Crippen LogP contribution >= 0.6 is 0 Å². The van der Waals surface area contributed by atoms with Gasteiger partial charge >= 0.3 is 0 Å². The van der Waals surface area contributed by atoms with E-state index in [1.807, 2.05) is 0 Å². The van der Waals surface area contributed by atoms with Crippen molar-refractivity contribution in [1.29, 1.82) is 0 Å². The molecule has 1 aromatic heterocycles. The summed E-state index contributed by atoms with van der Waals surface area (Å²) in [5.74, 6) is -0.948. The van der Waals surface area contributed by atoms with Crippen LogP contribution in [0.4, 0.5) is 4.39 Å². The Hall–Kier alpha value is -2.76. The van der Waals surface area contributed by atoms with Crippen LogP contribution in [0.25, 0.3) is 0 Å². The lowest BCUT2D eigenvalue weighted by Gasteiger charge is -2.06. The Morgan fingerprint density at radius 2 is 2.00 bits per heavy atom. The zero-order chi connectivity index (χ0) is 15.1. The predicted octanol–water partition coefficient (Wildman–Crippen LogP) is 2.14. The molecule has 108 valence electrons. The molecule has 0 atom stereocenters. The van der Waals surface area contributed by atoms with Gasteiger partial charge in [-0.05, 0) is 31.2 Å². The topological polar surface area (TPSA) is 63.6 Å². The van der Waals surface area contributed by atoms with E-state index in [0.29, 0.717) is 5.71 Å². The summed E-state index contributed by atoms with van der Waals surface area (Å²) in [7, 11) is 0. The van der Waals surface area contributed by atoms with Crippen molar-refractivity contribution in [2.24, 2.45) is 5.10 Å². The van der Waals surface area contributed by atoms with Gasteiger partial charge in [0, 0.05) is 18.0 Å². The largest absolute Gasteiger partial charge is 0.481 e. The van der Waals surface area contributed by atoms with Gasteiger partial charge in [0.1, 0.15) is 0 Å². The molecule has 0 fully saturated rings. The van der Waals surface area contributed by atoms with Crippen molar-refractivity contribution in [1.82, 2.24) is 10.4 Å². The third-order valence-corrected chi connectivity index (χ3v) is 2.64. The van der Waals surface area contributed by atoms with E-state index in [0.717, 1.165) is 5.56 Å². The molecule has 6 heteroatoms. The van der Waals surface area contributed by atoms with Crippen LogP contribution in [0.15, 0.2) is 53.9 Å². The molecule has 0 radical (unpaired) electrons. The van der Waals surface area contributed by atoms with Crippen molar-refractivity contribution in [3.8, 4) is 5.75 Å². The number of benzene rings is 1. The lowest BCUT2D eigenvalue weighted by atomic mass is 10.2. The summed E-state index contributed by atoms with van der Waals surface area (Å²) in [4.78, 5) is 15.5. The number of hydrogen-bond acceptors (Lipinski definition) is 4. The number of nitrogens with zero attached hydrogens (tertiary/aromatic N) is 2. The van der Waals surface area contributed by atoms with Crippen LogP contribution in [-0.4, -0.2) is 23.2 Å². The monoisotopic (exact) mass is 287 g/mol. The molecule has 1 heterocycles. The fourth-order valence-electron chi connectivity index (χ4n) is 1.54. The molecule has 1 N–H and O–H groups in total. The number of pyridine rings is 1. The highest BCUT2D eigenvalue weighted by molar-refractivity contribution is 5.99. The number of carbonyl (C=O) groups is 1. The third kappa shape index (κ3) is 4.38. The van der Waals surface area contributed by atoms with Crippen molar-refractivity contribution in [2.75, 3.05) is 6.61 Å². The average Bonchev–Trinajstić information content (AvgIpc) is 2.52. The summed E-state index contributed by atoms with van der Waals surface area (Å²) in [5.41, 5.74) is 3.84. The molecule has 1 aromatic carbocycles. The first kappa shape index (κ1) is 14.6. The Labute approximate surface area is 121 Å². The quantitative estimate of drug-likeness (QED) is 0.677. The van der Waals surface area contributed by atoms with Crippen LogP contribution in [0.5, 0.6) is 5.75 Å². The van der Waals surface area contributed by atoms with Gasteiger partial charge in [0.25, 0.3) is 5.91 Å². The van der Waals surface area contributed by atoms with E-state index in [1.54, 1.807) is 43.6 Å². The maximum absolute atomic E-state index is 13.3. The van der Waals surface area contributed by atoms with Gasteiger partial charge in [-0.15, -0.1) is 0 Å². The van der Waals surface area contributed by atoms with Crippen molar-refractivity contribution in [3.63, 3.8) is 0 Å². The first-order valence-corrected chi connectivity index (χ1v) is 6.27. The molecule has 0 aliphatic heterocycles. The van der Waals surface area contributed by atoms with E-state index < -0.39 is 11.7 Å². The minimum absolute atomic E-state index is 0.0301. The number of hydrogen-bond donors (Lipinski definition) is 1. The fourth-order valence-corrected chi connectivity index (χ4v) is 1.54. The molecule has 2 aromatic rings. The molecule has 0 spiro atoms. The van der Waals surface area contributed by atoms with Crippen LogP contribution in [0.2, 0.25) is 0 Å². The Morgan fingerprint density at radius 3 is 2.71 bits per heavy atom. The molecule has 1 amide bonds. The summed E-state index contributed by atoms with van der Waals surface area (Å²) in [5, 5.41) is 3.94. The van der Waals surface area contributed by atoms with Crippen LogP contribution in [0.3, 0.4) is 0 Å². The Bertz CT molecular complexity index is 644. The normalized spacial score (nSPS) is 11.0. The molecule has 2 rings (SSSR count). The summed E-state index contributed by atoms with van der Waals surface area (Å²) in [6.45, 7) is 1.45. The lowest BCUT2D eigenvalue weighted by molar-refractivity contribution is -0.123. The van der Waals surface area contributed by atoms with Crippen LogP contribution in [0.1, 0.15) is 12.5 Å². The number of ether oxygens (including phenoxy) is 1. The number of hydrazone groups is 1. The van der Waals surface area contributed by atoms with Crippen molar-refractivity contribution >= 4 is 11.6 Å². The summed E-state index contributed by atoms with van der Waals surface area (Å²) < 4.78 is 18.4. The Balaban J connectivity index is 1.87. The van der Waals surface area contributed by atoms with E-state index in [9.17, 15) is 9.18 Å². The second kappa shape index (κ2) is 7.14. The van der Waals surface area contributed by atoms with Gasteiger partial charge in [-0.3, -0.25) is 9.78 Å². The van der Waals surface area contributed by atoms with Crippen molar-refractivity contribution in [3.05, 3.63) is 60.2 Å². The van der Waals surface area contributed by atoms with Crippen LogP contribution in [0, 0.1) is 5.82 Å². The molecule has 0 aliphatic carbocycles. The van der Waals surface area contributed by atoms with E-state index in [-0.39, 0.29) is 12.4 Å². The minimum Gasteiger partial charge on any atom is -0.481 e. The molecule has 0 saturated heterocycles. The number of rotatable bonds is 5. The first-order chi connectivity index (χ1) is 10.2. The number of amides is 1. The van der Waals surface area contributed by atoms with E-state index in [4.69, 9.17) is 4.74 Å². The Kier molecular flexibility index (Phi) is 4.98. The molecule has 0 unspecified atom stereocenters. The molecule has 0 saturated carbocycles. The zero-order valence-electron chi connectivity index (χ0n) is 11.4. The number of aromatic nitrogens is 1. The van der Waals surface area contributed by atoms with Crippen LogP contribution < -0.4 is 10.2 Å². The Morgan fingerprint density at radius 1 is 1.29 bits per heavy atom. The van der Waals surface area contributed by atoms with Crippen molar-refractivity contribution < 1.29 is 13.9 Å². The van der Waals surface area contributed by atoms with Crippen LogP contribution in [-0.2, 0) is 4.79 Å². The van der Waals surface area contributed by atoms with E-state index in [1.165, 1.54) is 12.1 Å². The second-order valence-electron chi connectivity index (χ2n) is 4.19. The smallest absolute Gasteiger partial charge is 0.277 e. The highest BCUT2D eigenvalue weighted by atomic mass is 19.1. The summed E-state index contributed by atoms with van der Waals surface area (Å²) in [6.07, 6.45) is 3.27. The predicted molar refractivity (Wildman–Crippen MR) is 76.5 cm³/mol. The van der Waals surface area contributed by atoms with Gasteiger partial charge in [-0.2, -0.15) is 5.10 Å². The third-order valence-electron chi connectivity index (χ3n) is 2.64. The van der Waals surface area contributed by atoms with Gasteiger partial charge in [0.2, 0.25) is 0 Å². The maximum Gasteiger partial charge on any atom is 0.277 e. The molecular formula is C15H14FN3O2. The zero-order valence-corrected chi connectivity index (χ0v) is 11.4. The highest BCUT2D eigenvalue weighted by Crippen LogP contribution is 2.14. The van der Waals surface area contributed by atoms with Crippen molar-refractivity contribution in [2.45, 2.75) is 6.92 Å². The number of nitrogens with one attached hydrogen (secondary N) is 1. The summed E-state index contributed by atoms with van der Waals surface area (Å²) >= 11 is 0. The van der Waals surface area contributed by atoms with E-state index in [2.05, 4.69) is 15.5 Å². The SMILES string of the molecule is C/C(=N\NC(=O)COc1ccccc1F)c1ccncc1. The fraction of sp³-hybridized carbons (Fsp3) is 0.133. The lowest BCUT2D eigenvalue weighted by Crippen LogP contribution is -2.25. The van der Waals surface area contributed by atoms with Gasteiger partial charge in [-0.25, -0.2) is 9.82 Å². The highest BCUT2D eigenvalue weighted by Gasteiger charge is 2.05. The molecular weight excluding hydrogens is 273 g/mol. The first-order valence-electron chi connectivity index (χ1n) is 6.27. The standard InChI is InChI=1S/C15H14FN3O2/c1-11(12-6-8-17-9-7-12)18-19-15(20)10-21-14-5-3-2-4-13(14)16/h2-9H,10H2,1H3,(H,19,20)/b18-11+. The summed E-state index contributed by atoms with van der Waals surface area (Å²) in [6, 6.07) is 9.45. The molecule has 0 aliphatic rings. The maximum atomic E-state index is 13.3. The molecule has 0 bridgehead atoms. The number of halogens is 1. The second-order valence-corrected chi connectivity index (χ2v) is 4.19. The number of carbonyl (C=O) groups excluding carboxylic acids is 1. The van der Waals surface area contributed by atoms with E-state index >= 15 is 0 Å². The van der Waals surface area contributed by atoms with Gasteiger partial charge < -0.3 is 4.74 Å². The van der Waals surface area contributed by atoms with Gasteiger partial charge in [0.05, 0.1) is 5.71 Å². The average molecular weight is 287 g/mol.